The van der Waals surface area contributed by atoms with Crippen LogP contribution in [0.4, 0.5) is 17.1 Å². The van der Waals surface area contributed by atoms with Gasteiger partial charge in [0.1, 0.15) is 5.56 Å². The van der Waals surface area contributed by atoms with Crippen molar-refractivity contribution in [3.63, 3.8) is 0 Å². The maximum absolute atomic E-state index is 12.5. The van der Waals surface area contributed by atoms with Gasteiger partial charge in [-0.3, -0.25) is 19.7 Å². The number of rotatable bonds is 4. The van der Waals surface area contributed by atoms with Crippen LogP contribution in [0, 0.1) is 10.1 Å². The molecule has 1 aliphatic heterocycles. The zero-order valence-corrected chi connectivity index (χ0v) is 13.8. The maximum Gasteiger partial charge on any atom is 0.283 e. The number of carbonyl (C=O) groups excluding carboxylic acids is 2. The van der Waals surface area contributed by atoms with Crippen LogP contribution in [-0.2, 0) is 4.79 Å². The van der Waals surface area contributed by atoms with Crippen LogP contribution in [0.25, 0.3) is 0 Å². The van der Waals surface area contributed by atoms with Crippen molar-refractivity contribution < 1.29 is 14.5 Å². The zero-order valence-electron chi connectivity index (χ0n) is 13.1. The van der Waals surface area contributed by atoms with Crippen molar-refractivity contribution in [1.82, 2.24) is 0 Å². The number of anilines is 2. The third-order valence-electron chi connectivity index (χ3n) is 3.92. The van der Waals surface area contributed by atoms with Gasteiger partial charge in [0.15, 0.2) is 0 Å². The number of carbonyl (C=O) groups is 2. The summed E-state index contributed by atoms with van der Waals surface area (Å²) in [5.41, 5.74) is 0.527. The lowest BCUT2D eigenvalue weighted by Gasteiger charge is -2.20. The van der Waals surface area contributed by atoms with Gasteiger partial charge >= 0.3 is 0 Å². The maximum atomic E-state index is 12.5. The number of nitrogens with one attached hydrogen (secondary N) is 1. The molecule has 0 saturated carbocycles. The Kier molecular flexibility index (Phi) is 4.67. The van der Waals surface area contributed by atoms with E-state index in [-0.39, 0.29) is 22.2 Å². The first-order chi connectivity index (χ1) is 12.0. The van der Waals surface area contributed by atoms with E-state index in [9.17, 15) is 19.7 Å². The summed E-state index contributed by atoms with van der Waals surface area (Å²) < 4.78 is 0. The van der Waals surface area contributed by atoms with E-state index in [1.807, 2.05) is 0 Å². The van der Waals surface area contributed by atoms with Gasteiger partial charge in [-0.05, 0) is 30.7 Å². The third kappa shape index (κ3) is 3.46. The van der Waals surface area contributed by atoms with Gasteiger partial charge in [0.2, 0.25) is 5.91 Å². The van der Waals surface area contributed by atoms with Gasteiger partial charge in [0.25, 0.3) is 11.6 Å². The van der Waals surface area contributed by atoms with Gasteiger partial charge in [-0.2, -0.15) is 0 Å². The molecule has 1 saturated heterocycles. The molecule has 1 heterocycles. The molecule has 0 unspecified atom stereocenters. The highest BCUT2D eigenvalue weighted by atomic mass is 35.5. The topological polar surface area (TPSA) is 92.6 Å². The molecule has 0 bridgehead atoms. The summed E-state index contributed by atoms with van der Waals surface area (Å²) in [7, 11) is 0. The molecule has 1 fully saturated rings. The zero-order chi connectivity index (χ0) is 18.0. The molecule has 25 heavy (non-hydrogen) atoms. The van der Waals surface area contributed by atoms with Gasteiger partial charge in [-0.15, -0.1) is 0 Å². The Morgan fingerprint density at radius 3 is 2.68 bits per heavy atom. The molecule has 0 radical (unpaired) electrons. The van der Waals surface area contributed by atoms with Gasteiger partial charge < -0.3 is 10.2 Å². The van der Waals surface area contributed by atoms with Crippen LogP contribution in [0.1, 0.15) is 23.2 Å². The molecule has 2 amide bonds. The highest BCUT2D eigenvalue weighted by Gasteiger charge is 2.26. The molecular weight excluding hydrogens is 346 g/mol. The fraction of sp³-hybridized carbons (Fsp3) is 0.176. The minimum absolute atomic E-state index is 0.0147. The number of para-hydroxylation sites is 2. The van der Waals surface area contributed by atoms with Gasteiger partial charge in [-0.1, -0.05) is 23.7 Å². The smallest absolute Gasteiger partial charge is 0.283 e. The van der Waals surface area contributed by atoms with E-state index >= 15 is 0 Å². The Labute approximate surface area is 148 Å². The Hall–Kier alpha value is -2.93. The number of benzene rings is 2. The summed E-state index contributed by atoms with van der Waals surface area (Å²) in [5, 5.41) is 14.0. The Morgan fingerprint density at radius 1 is 1.24 bits per heavy atom. The summed E-state index contributed by atoms with van der Waals surface area (Å²) >= 11 is 5.77. The summed E-state index contributed by atoms with van der Waals surface area (Å²) in [6.45, 7) is 0.576. The van der Waals surface area contributed by atoms with Crippen molar-refractivity contribution >= 4 is 40.5 Å². The number of nitro groups is 1. The van der Waals surface area contributed by atoms with Crippen molar-refractivity contribution in [3.05, 3.63) is 63.2 Å². The molecule has 0 aromatic heterocycles. The van der Waals surface area contributed by atoms with Crippen molar-refractivity contribution in [2.45, 2.75) is 12.8 Å². The first kappa shape index (κ1) is 16.9. The van der Waals surface area contributed by atoms with E-state index in [1.165, 1.54) is 12.1 Å². The molecule has 2 aromatic rings. The second-order valence-electron chi connectivity index (χ2n) is 5.54. The SMILES string of the molecule is O=C(Nc1ccccc1N1CCCC1=O)c1ccc(Cl)cc1[N+](=O)[O-]. The molecule has 1 aliphatic rings. The number of halogens is 1. The fourth-order valence-corrected chi connectivity index (χ4v) is 2.92. The van der Waals surface area contributed by atoms with E-state index in [0.717, 1.165) is 12.5 Å². The van der Waals surface area contributed by atoms with Gasteiger partial charge in [-0.25, -0.2) is 0 Å². The van der Waals surface area contributed by atoms with Crippen LogP contribution in [0.15, 0.2) is 42.5 Å². The highest BCUT2D eigenvalue weighted by Crippen LogP contribution is 2.31. The number of nitro benzene ring substituents is 1. The molecule has 0 aliphatic carbocycles. The minimum atomic E-state index is -0.656. The van der Waals surface area contributed by atoms with Crippen LogP contribution in [0.5, 0.6) is 0 Å². The summed E-state index contributed by atoms with van der Waals surface area (Å²) in [6.07, 6.45) is 1.22. The van der Waals surface area contributed by atoms with Crippen molar-refractivity contribution in [2.75, 3.05) is 16.8 Å². The Bertz CT molecular complexity index is 869. The number of nitrogens with zero attached hydrogens (tertiary/aromatic N) is 2. The van der Waals surface area contributed by atoms with Crippen LogP contribution in [0.2, 0.25) is 5.02 Å². The molecule has 0 atom stereocenters. The van der Waals surface area contributed by atoms with Crippen molar-refractivity contribution in [2.24, 2.45) is 0 Å². The summed E-state index contributed by atoms with van der Waals surface area (Å²) in [6, 6.07) is 10.7. The molecule has 2 aromatic carbocycles. The average Bonchev–Trinajstić information content (AvgIpc) is 3.01. The molecule has 3 rings (SSSR count). The summed E-state index contributed by atoms with van der Waals surface area (Å²) in [5.74, 6) is -0.651. The fourth-order valence-electron chi connectivity index (χ4n) is 2.76. The normalized spacial score (nSPS) is 13.8. The molecule has 8 heteroatoms. The van der Waals surface area contributed by atoms with E-state index in [1.54, 1.807) is 29.2 Å². The molecule has 1 N–H and O–H groups in total. The number of hydrogen-bond donors (Lipinski definition) is 1. The second-order valence-corrected chi connectivity index (χ2v) is 5.98. The Morgan fingerprint density at radius 2 is 2.00 bits per heavy atom. The van der Waals surface area contributed by atoms with Crippen LogP contribution >= 0.6 is 11.6 Å². The number of hydrogen-bond acceptors (Lipinski definition) is 4. The lowest BCUT2D eigenvalue weighted by Crippen LogP contribution is -2.25. The van der Waals surface area contributed by atoms with E-state index < -0.39 is 10.8 Å². The highest BCUT2D eigenvalue weighted by molar-refractivity contribution is 6.31. The minimum Gasteiger partial charge on any atom is -0.320 e. The predicted octanol–water partition coefficient (Wildman–Crippen LogP) is 3.63. The van der Waals surface area contributed by atoms with Crippen LogP contribution in [-0.4, -0.2) is 23.3 Å². The number of amides is 2. The van der Waals surface area contributed by atoms with Crippen molar-refractivity contribution in [1.29, 1.82) is 0 Å². The monoisotopic (exact) mass is 359 g/mol. The Balaban J connectivity index is 1.92. The van der Waals surface area contributed by atoms with Crippen LogP contribution < -0.4 is 10.2 Å². The predicted molar refractivity (Wildman–Crippen MR) is 94.1 cm³/mol. The molecule has 0 spiro atoms. The first-order valence-electron chi connectivity index (χ1n) is 7.62. The lowest BCUT2D eigenvalue weighted by atomic mass is 10.1. The molecule has 7 nitrogen and oxygen atoms in total. The van der Waals surface area contributed by atoms with Crippen molar-refractivity contribution in [3.8, 4) is 0 Å². The van der Waals surface area contributed by atoms with E-state index in [4.69, 9.17) is 11.6 Å². The van der Waals surface area contributed by atoms with E-state index in [2.05, 4.69) is 5.32 Å². The average molecular weight is 360 g/mol. The van der Waals surface area contributed by atoms with Gasteiger partial charge in [0.05, 0.1) is 16.3 Å². The summed E-state index contributed by atoms with van der Waals surface area (Å²) in [4.78, 5) is 36.6. The largest absolute Gasteiger partial charge is 0.320 e. The first-order valence-corrected chi connectivity index (χ1v) is 8.00. The lowest BCUT2D eigenvalue weighted by molar-refractivity contribution is -0.385. The van der Waals surface area contributed by atoms with Gasteiger partial charge in [0, 0.05) is 24.1 Å². The second kappa shape index (κ2) is 6.90. The quantitative estimate of drug-likeness (QED) is 0.666. The third-order valence-corrected chi connectivity index (χ3v) is 4.15. The molecule has 128 valence electrons. The standard InChI is InChI=1S/C17H14ClN3O4/c18-11-7-8-12(15(10-11)21(24)25)17(23)19-13-4-1-2-5-14(13)20-9-3-6-16(20)22/h1-2,4-5,7-8,10H,3,6,9H2,(H,19,23). The van der Waals surface area contributed by atoms with E-state index in [0.29, 0.717) is 24.3 Å². The van der Waals surface area contributed by atoms with Crippen LogP contribution in [0.3, 0.4) is 0 Å². The molecular formula is C17H14ClN3O4.